The zero-order valence-electron chi connectivity index (χ0n) is 4.53. The second-order valence-electron chi connectivity index (χ2n) is 1.53. The largest absolute Gasteiger partial charge is 0.328 e. The van der Waals surface area contributed by atoms with Gasteiger partial charge in [0.2, 0.25) is 0 Å². The first-order valence-electron chi connectivity index (χ1n) is 2.36. The van der Waals surface area contributed by atoms with E-state index in [-0.39, 0.29) is 0 Å². The third-order valence-electron chi connectivity index (χ3n) is 0.811. The molecule has 0 bridgehead atoms. The van der Waals surface area contributed by atoms with Crippen LogP contribution in [0.3, 0.4) is 0 Å². The van der Waals surface area contributed by atoms with Crippen LogP contribution >= 0.6 is 0 Å². The van der Waals surface area contributed by atoms with E-state index in [0.29, 0.717) is 0 Å². The lowest BCUT2D eigenvalue weighted by molar-refractivity contribution is 0.00640. The fourth-order valence-electron chi connectivity index (χ4n) is 0.288. The molecule has 2 N–H and O–H groups in total. The van der Waals surface area contributed by atoms with Gasteiger partial charge in [-0.15, -0.1) is 0 Å². The maximum atomic E-state index is 11.8. The van der Waals surface area contributed by atoms with Crippen molar-refractivity contribution in [3.05, 3.63) is 0 Å². The summed E-state index contributed by atoms with van der Waals surface area (Å²) in [6, 6.07) is 0. The van der Waals surface area contributed by atoms with Gasteiger partial charge in [0, 0.05) is 6.54 Å². The Hall–Kier alpha value is -0.320. The monoisotopic (exact) mass is 145 g/mol. The van der Waals surface area contributed by atoms with Gasteiger partial charge in [0.1, 0.15) is 6.17 Å². The van der Waals surface area contributed by atoms with Crippen molar-refractivity contribution in [1.29, 1.82) is 0 Å². The van der Waals surface area contributed by atoms with Crippen molar-refractivity contribution in [3.63, 3.8) is 0 Å². The maximum Gasteiger partial charge on any atom is 0.272 e. The Balaban J connectivity index is 3.58. The van der Waals surface area contributed by atoms with Crippen LogP contribution in [-0.2, 0) is 0 Å². The molecule has 56 valence electrons. The van der Waals surface area contributed by atoms with Crippen LogP contribution in [0.1, 0.15) is 0 Å². The van der Waals surface area contributed by atoms with Gasteiger partial charge in [-0.25, -0.2) is 17.6 Å². The van der Waals surface area contributed by atoms with Crippen molar-refractivity contribution in [2.75, 3.05) is 6.54 Å². The third-order valence-corrected chi connectivity index (χ3v) is 0.811. The van der Waals surface area contributed by atoms with Crippen molar-refractivity contribution in [2.45, 2.75) is 18.8 Å². The minimum Gasteiger partial charge on any atom is -0.328 e. The van der Waals surface area contributed by atoms with Crippen LogP contribution in [0.25, 0.3) is 0 Å². The predicted octanol–water partition coefficient (Wildman–Crippen LogP) is 0.886. The molecule has 0 spiro atoms. The zero-order valence-corrected chi connectivity index (χ0v) is 4.53. The molecule has 0 aliphatic rings. The quantitative estimate of drug-likeness (QED) is 0.586. The number of alkyl halides is 4. The summed E-state index contributed by atoms with van der Waals surface area (Å²) in [6.07, 6.45) is -8.26. The SMILES string of the molecule is NCC(F)C(F)C(F)F. The molecule has 0 aromatic carbocycles. The first-order valence-corrected chi connectivity index (χ1v) is 2.36. The van der Waals surface area contributed by atoms with Crippen molar-refractivity contribution < 1.29 is 17.6 Å². The van der Waals surface area contributed by atoms with E-state index in [0.717, 1.165) is 0 Å². The highest BCUT2D eigenvalue weighted by molar-refractivity contribution is 4.70. The minimum absolute atomic E-state index is 0.703. The molecule has 1 nitrogen and oxygen atoms in total. The molecular formula is C4H7F4N. The van der Waals surface area contributed by atoms with E-state index < -0.39 is 25.3 Å². The highest BCUT2D eigenvalue weighted by Crippen LogP contribution is 2.11. The van der Waals surface area contributed by atoms with Gasteiger partial charge in [-0.1, -0.05) is 0 Å². The first-order chi connectivity index (χ1) is 4.09. The number of nitrogens with two attached hydrogens (primary N) is 1. The van der Waals surface area contributed by atoms with Gasteiger partial charge in [0.05, 0.1) is 0 Å². The maximum absolute atomic E-state index is 11.8. The molecule has 2 atom stereocenters. The van der Waals surface area contributed by atoms with Crippen LogP contribution in [-0.4, -0.2) is 25.3 Å². The van der Waals surface area contributed by atoms with E-state index in [9.17, 15) is 17.6 Å². The molecule has 0 saturated heterocycles. The van der Waals surface area contributed by atoms with Crippen molar-refractivity contribution in [1.82, 2.24) is 0 Å². The molecule has 0 saturated carbocycles. The Morgan fingerprint density at radius 1 is 1.11 bits per heavy atom. The molecule has 0 aromatic heterocycles. The lowest BCUT2D eigenvalue weighted by Crippen LogP contribution is -2.31. The van der Waals surface area contributed by atoms with E-state index in [2.05, 4.69) is 5.73 Å². The molecule has 0 aromatic rings. The molecule has 0 heterocycles. The normalized spacial score (nSPS) is 18.0. The van der Waals surface area contributed by atoms with Gasteiger partial charge in [-0.2, -0.15) is 0 Å². The van der Waals surface area contributed by atoms with Crippen LogP contribution < -0.4 is 5.73 Å². The summed E-state index contributed by atoms with van der Waals surface area (Å²) in [7, 11) is 0. The van der Waals surface area contributed by atoms with Crippen molar-refractivity contribution in [2.24, 2.45) is 5.73 Å². The second-order valence-corrected chi connectivity index (χ2v) is 1.53. The van der Waals surface area contributed by atoms with Gasteiger partial charge in [-0.05, 0) is 0 Å². The Morgan fingerprint density at radius 2 is 1.56 bits per heavy atom. The fourth-order valence-corrected chi connectivity index (χ4v) is 0.288. The van der Waals surface area contributed by atoms with E-state index in [1.54, 1.807) is 0 Å². The molecule has 0 aliphatic heterocycles. The van der Waals surface area contributed by atoms with Crippen LogP contribution in [0.5, 0.6) is 0 Å². The van der Waals surface area contributed by atoms with Gasteiger partial charge in [0.25, 0.3) is 6.43 Å². The summed E-state index contributed by atoms with van der Waals surface area (Å²) < 4.78 is 45.9. The summed E-state index contributed by atoms with van der Waals surface area (Å²) in [5.74, 6) is 0. The van der Waals surface area contributed by atoms with Gasteiger partial charge in [0.15, 0.2) is 6.17 Å². The Morgan fingerprint density at radius 3 is 1.67 bits per heavy atom. The summed E-state index contributed by atoms with van der Waals surface area (Å²) >= 11 is 0. The molecule has 5 heteroatoms. The smallest absolute Gasteiger partial charge is 0.272 e. The third kappa shape index (κ3) is 2.64. The molecular weight excluding hydrogens is 138 g/mol. The van der Waals surface area contributed by atoms with Crippen LogP contribution in [0, 0.1) is 0 Å². The Bertz CT molecular complexity index is 77.0. The molecule has 0 aliphatic carbocycles. The molecule has 0 radical (unpaired) electrons. The second kappa shape index (κ2) is 3.66. The number of hydrogen-bond donors (Lipinski definition) is 1. The fraction of sp³-hybridized carbons (Fsp3) is 1.00. The average Bonchev–Trinajstić information content (AvgIpc) is 1.84. The summed E-state index contributed by atoms with van der Waals surface area (Å²) in [4.78, 5) is 0. The van der Waals surface area contributed by atoms with E-state index in [4.69, 9.17) is 0 Å². The van der Waals surface area contributed by atoms with Gasteiger partial charge >= 0.3 is 0 Å². The zero-order chi connectivity index (χ0) is 7.44. The number of hydrogen-bond acceptors (Lipinski definition) is 1. The van der Waals surface area contributed by atoms with E-state index in [1.165, 1.54) is 0 Å². The highest BCUT2D eigenvalue weighted by atomic mass is 19.3. The average molecular weight is 145 g/mol. The summed E-state index contributed by atoms with van der Waals surface area (Å²) in [5, 5.41) is 0. The molecule has 2 unspecified atom stereocenters. The van der Waals surface area contributed by atoms with Crippen LogP contribution in [0.4, 0.5) is 17.6 Å². The summed E-state index contributed by atoms with van der Waals surface area (Å²) in [6.45, 7) is -0.703. The van der Waals surface area contributed by atoms with Crippen molar-refractivity contribution >= 4 is 0 Å². The minimum atomic E-state index is -3.27. The van der Waals surface area contributed by atoms with Crippen molar-refractivity contribution in [3.8, 4) is 0 Å². The first kappa shape index (κ1) is 8.68. The number of halogens is 4. The standard InChI is InChI=1S/C4H7F4N/c5-2(1-9)3(6)4(7)8/h2-4H,1,9H2. The number of rotatable bonds is 3. The van der Waals surface area contributed by atoms with E-state index >= 15 is 0 Å². The molecule has 0 rings (SSSR count). The topological polar surface area (TPSA) is 26.0 Å². The lowest BCUT2D eigenvalue weighted by Gasteiger charge is -2.08. The predicted molar refractivity (Wildman–Crippen MR) is 24.9 cm³/mol. The van der Waals surface area contributed by atoms with Gasteiger partial charge in [-0.3, -0.25) is 0 Å². The molecule has 0 amide bonds. The Labute approximate surface area is 49.8 Å². The Kier molecular flexibility index (Phi) is 3.53. The molecule has 0 fully saturated rings. The van der Waals surface area contributed by atoms with Crippen LogP contribution in [0.2, 0.25) is 0 Å². The van der Waals surface area contributed by atoms with E-state index in [1.807, 2.05) is 0 Å². The lowest BCUT2D eigenvalue weighted by atomic mass is 10.2. The molecule has 9 heavy (non-hydrogen) atoms. The summed E-state index contributed by atoms with van der Waals surface area (Å²) in [5.41, 5.74) is 4.56. The van der Waals surface area contributed by atoms with Gasteiger partial charge < -0.3 is 5.73 Å². The van der Waals surface area contributed by atoms with Crippen LogP contribution in [0.15, 0.2) is 0 Å². The highest BCUT2D eigenvalue weighted by Gasteiger charge is 2.28.